The lowest BCUT2D eigenvalue weighted by atomic mass is 10.1. The second-order valence-corrected chi connectivity index (χ2v) is 3.74. The van der Waals surface area contributed by atoms with Crippen LogP contribution in [-0.4, -0.2) is 29.0 Å². The van der Waals surface area contributed by atoms with E-state index in [0.29, 0.717) is 5.57 Å². The summed E-state index contributed by atoms with van der Waals surface area (Å²) in [6.07, 6.45) is 6.18. The molecule has 5 nitrogen and oxygen atoms in total. The molecular formula is C13H15FNO4-. The molecule has 1 aliphatic rings. The minimum Gasteiger partial charge on any atom is -0.760 e. The summed E-state index contributed by atoms with van der Waals surface area (Å²) in [7, 11) is 0. The Hall–Kier alpha value is -1.60. The lowest BCUT2D eigenvalue weighted by Gasteiger charge is -2.30. The maximum absolute atomic E-state index is 12.9. The van der Waals surface area contributed by atoms with Gasteiger partial charge in [-0.15, -0.1) is 0 Å². The fraction of sp³-hybridized carbons (Fsp3) is 0.308. The Labute approximate surface area is 110 Å². The lowest BCUT2D eigenvalue weighted by Crippen LogP contribution is -2.31. The highest BCUT2D eigenvalue weighted by molar-refractivity contribution is 5.91. The molecule has 1 rings (SSSR count). The van der Waals surface area contributed by atoms with Crippen LogP contribution in [0, 0.1) is 5.21 Å². The molecule has 0 saturated heterocycles. The van der Waals surface area contributed by atoms with Crippen LogP contribution in [0.5, 0.6) is 0 Å². The standard InChI is InChI=1S/C13H15FNO4/c1-2-19-15(18)13(17)9-12(16)8-10-4-3-5-11(14)7-6-10/h3-8,13,17H,2,9H2,1H3/q-1/b10-8-. The molecule has 1 aliphatic carbocycles. The van der Waals surface area contributed by atoms with Crippen molar-refractivity contribution in [1.29, 1.82) is 0 Å². The number of allylic oxidation sites excluding steroid dienone is 8. The van der Waals surface area contributed by atoms with Crippen LogP contribution in [0.3, 0.4) is 0 Å². The Morgan fingerprint density at radius 2 is 2.32 bits per heavy atom. The van der Waals surface area contributed by atoms with E-state index in [-0.39, 0.29) is 11.8 Å². The Bertz CT molecular complexity index is 440. The number of halogens is 1. The predicted octanol–water partition coefficient (Wildman–Crippen LogP) is 1.92. The van der Waals surface area contributed by atoms with Crippen LogP contribution < -0.4 is 0 Å². The molecule has 1 unspecified atom stereocenters. The Kier molecular flexibility index (Phi) is 6.31. The van der Waals surface area contributed by atoms with Gasteiger partial charge in [0.2, 0.25) is 0 Å². The van der Waals surface area contributed by atoms with Gasteiger partial charge in [0.25, 0.3) is 0 Å². The zero-order valence-electron chi connectivity index (χ0n) is 10.5. The van der Waals surface area contributed by atoms with Gasteiger partial charge in [0.1, 0.15) is 12.1 Å². The van der Waals surface area contributed by atoms with Gasteiger partial charge in [-0.1, -0.05) is 18.2 Å². The summed E-state index contributed by atoms with van der Waals surface area (Å²) in [6.45, 7) is 1.69. The quantitative estimate of drug-likeness (QED) is 0.452. The summed E-state index contributed by atoms with van der Waals surface area (Å²) in [6, 6.07) is 0. The third kappa shape index (κ3) is 5.71. The fourth-order valence-electron chi connectivity index (χ4n) is 1.35. The van der Waals surface area contributed by atoms with Crippen molar-refractivity contribution in [2.75, 3.05) is 6.61 Å². The average Bonchev–Trinajstić information content (AvgIpc) is 2.54. The molecule has 0 fully saturated rings. The molecule has 0 aromatic carbocycles. The number of hydrogen-bond donors (Lipinski definition) is 1. The zero-order valence-corrected chi connectivity index (χ0v) is 10.5. The van der Waals surface area contributed by atoms with Crippen LogP contribution in [0.15, 0.2) is 47.9 Å². The molecule has 0 spiro atoms. The summed E-state index contributed by atoms with van der Waals surface area (Å²) in [4.78, 5) is 16.1. The van der Waals surface area contributed by atoms with Crippen LogP contribution in [0.2, 0.25) is 0 Å². The second-order valence-electron chi connectivity index (χ2n) is 3.74. The van der Waals surface area contributed by atoms with Crippen LogP contribution in [-0.2, 0) is 9.63 Å². The first-order valence-electron chi connectivity index (χ1n) is 5.76. The van der Waals surface area contributed by atoms with Crippen LogP contribution in [0.25, 0.3) is 0 Å². The van der Waals surface area contributed by atoms with E-state index >= 15 is 0 Å². The smallest absolute Gasteiger partial charge is 0.160 e. The number of hydroxylamine groups is 2. The van der Waals surface area contributed by atoms with Gasteiger partial charge in [-0.05, 0) is 30.7 Å². The van der Waals surface area contributed by atoms with E-state index in [2.05, 4.69) is 4.84 Å². The van der Waals surface area contributed by atoms with E-state index in [0.717, 1.165) is 0 Å². The molecule has 0 amide bonds. The van der Waals surface area contributed by atoms with Crippen molar-refractivity contribution < 1.29 is 19.1 Å². The number of rotatable bonds is 6. The third-order valence-electron chi connectivity index (χ3n) is 2.19. The van der Waals surface area contributed by atoms with Gasteiger partial charge in [-0.2, -0.15) is 0 Å². The molecule has 6 heteroatoms. The minimum atomic E-state index is -1.56. The molecule has 0 bridgehead atoms. The molecule has 0 aromatic rings. The topological polar surface area (TPSA) is 72.8 Å². The minimum absolute atomic E-state index is 0.0175. The van der Waals surface area contributed by atoms with Gasteiger partial charge in [-0.25, -0.2) is 9.62 Å². The van der Waals surface area contributed by atoms with E-state index in [1.807, 2.05) is 0 Å². The summed E-state index contributed by atoms with van der Waals surface area (Å²) in [5.41, 5.74) is 0.481. The van der Waals surface area contributed by atoms with Crippen molar-refractivity contribution in [1.82, 2.24) is 5.23 Å². The number of carbonyl (C=O) groups is 1. The normalized spacial score (nSPS) is 18.6. The van der Waals surface area contributed by atoms with Gasteiger partial charge in [0.05, 0.1) is 13.0 Å². The Morgan fingerprint density at radius 1 is 1.58 bits per heavy atom. The Balaban J connectivity index is 2.58. The number of hydrogen-bond acceptors (Lipinski definition) is 5. The molecule has 0 saturated carbocycles. The van der Waals surface area contributed by atoms with Crippen molar-refractivity contribution in [3.63, 3.8) is 0 Å². The summed E-state index contributed by atoms with van der Waals surface area (Å²) >= 11 is 0. The molecular weight excluding hydrogens is 253 g/mol. The first kappa shape index (κ1) is 15.5. The highest BCUT2D eigenvalue weighted by Crippen LogP contribution is 2.11. The molecule has 0 radical (unpaired) electrons. The number of aliphatic hydroxyl groups is 1. The average molecular weight is 268 g/mol. The van der Waals surface area contributed by atoms with Crippen LogP contribution in [0.1, 0.15) is 13.3 Å². The summed E-state index contributed by atoms with van der Waals surface area (Å²) in [5, 5.41) is 20.4. The van der Waals surface area contributed by atoms with E-state index < -0.39 is 24.3 Å². The zero-order chi connectivity index (χ0) is 14.3. The van der Waals surface area contributed by atoms with Crippen molar-refractivity contribution in [2.24, 2.45) is 0 Å². The van der Waals surface area contributed by atoms with Crippen LogP contribution in [0.4, 0.5) is 4.39 Å². The van der Waals surface area contributed by atoms with E-state index in [9.17, 15) is 19.5 Å². The third-order valence-corrected chi connectivity index (χ3v) is 2.19. The Morgan fingerprint density at radius 3 is 3.00 bits per heavy atom. The van der Waals surface area contributed by atoms with E-state index in [1.165, 1.54) is 30.4 Å². The maximum Gasteiger partial charge on any atom is 0.160 e. The molecule has 19 heavy (non-hydrogen) atoms. The van der Waals surface area contributed by atoms with Gasteiger partial charge >= 0.3 is 0 Å². The summed E-state index contributed by atoms with van der Waals surface area (Å²) < 4.78 is 12.9. The van der Waals surface area contributed by atoms with E-state index in [1.54, 1.807) is 13.0 Å². The van der Waals surface area contributed by atoms with Crippen molar-refractivity contribution in [3.8, 4) is 0 Å². The fourth-order valence-corrected chi connectivity index (χ4v) is 1.35. The van der Waals surface area contributed by atoms with Gasteiger partial charge in [0, 0.05) is 0 Å². The molecule has 0 heterocycles. The van der Waals surface area contributed by atoms with Gasteiger partial charge in [0.15, 0.2) is 5.78 Å². The second kappa shape index (κ2) is 7.75. The highest BCUT2D eigenvalue weighted by atomic mass is 19.1. The van der Waals surface area contributed by atoms with Gasteiger partial charge in [-0.3, -0.25) is 4.79 Å². The lowest BCUT2D eigenvalue weighted by molar-refractivity contribution is -0.203. The largest absolute Gasteiger partial charge is 0.760 e. The SMILES string of the molecule is CCON([O-])C(O)CC(=O)/C=C1/C=CC=C(F)C=C1. The number of ketones is 1. The molecule has 0 aromatic heterocycles. The predicted molar refractivity (Wildman–Crippen MR) is 68.0 cm³/mol. The van der Waals surface area contributed by atoms with Crippen molar-refractivity contribution in [2.45, 2.75) is 19.6 Å². The van der Waals surface area contributed by atoms with Gasteiger partial charge < -0.3 is 15.2 Å². The molecule has 1 N–H and O–H groups in total. The maximum atomic E-state index is 12.9. The van der Waals surface area contributed by atoms with E-state index in [4.69, 9.17) is 0 Å². The number of nitrogens with zero attached hydrogens (tertiary/aromatic N) is 1. The van der Waals surface area contributed by atoms with Crippen molar-refractivity contribution in [3.05, 3.63) is 53.1 Å². The van der Waals surface area contributed by atoms with Crippen LogP contribution >= 0.6 is 0 Å². The molecule has 0 aliphatic heterocycles. The molecule has 1 atom stereocenters. The monoisotopic (exact) mass is 268 g/mol. The highest BCUT2D eigenvalue weighted by Gasteiger charge is 2.11. The first-order chi connectivity index (χ1) is 9.02. The molecule has 104 valence electrons. The van der Waals surface area contributed by atoms with Crippen molar-refractivity contribution >= 4 is 5.78 Å². The number of aliphatic hydroxyl groups excluding tert-OH is 1. The number of carbonyl (C=O) groups excluding carboxylic acids is 1. The summed E-state index contributed by atoms with van der Waals surface area (Å²) in [5.74, 6) is -0.881. The first-order valence-corrected chi connectivity index (χ1v) is 5.76.